The summed E-state index contributed by atoms with van der Waals surface area (Å²) in [7, 11) is 0. The molecule has 0 radical (unpaired) electrons. The molecule has 1 aromatic carbocycles. The van der Waals surface area contributed by atoms with Gasteiger partial charge in [-0.3, -0.25) is 0 Å². The Morgan fingerprint density at radius 1 is 1.35 bits per heavy atom. The van der Waals surface area contributed by atoms with Gasteiger partial charge in [0, 0.05) is 6.07 Å². The highest BCUT2D eigenvalue weighted by atomic mass is 16.5. The van der Waals surface area contributed by atoms with Crippen LogP contribution in [0, 0.1) is 13.8 Å². The molecule has 0 amide bonds. The van der Waals surface area contributed by atoms with Crippen molar-refractivity contribution in [3.63, 3.8) is 0 Å². The minimum Gasteiger partial charge on any atom is -0.507 e. The van der Waals surface area contributed by atoms with Gasteiger partial charge in [-0.15, -0.1) is 0 Å². The number of benzene rings is 1. The van der Waals surface area contributed by atoms with Crippen molar-refractivity contribution in [3.8, 4) is 17.1 Å². The number of aromatic hydroxyl groups is 1. The van der Waals surface area contributed by atoms with Crippen LogP contribution in [0.3, 0.4) is 0 Å². The average Bonchev–Trinajstić information content (AvgIpc) is 2.73. The quantitative estimate of drug-likeness (QED) is 0.831. The molecular formula is C12H11NO4. The predicted molar refractivity (Wildman–Crippen MR) is 60.0 cm³/mol. The number of hydrogen-bond donors (Lipinski definition) is 2. The lowest BCUT2D eigenvalue weighted by molar-refractivity contribution is 0.0686. The molecule has 0 aliphatic carbocycles. The number of rotatable bonds is 2. The lowest BCUT2D eigenvalue weighted by atomic mass is 10.0. The molecular weight excluding hydrogens is 222 g/mol. The van der Waals surface area contributed by atoms with Crippen molar-refractivity contribution in [2.45, 2.75) is 13.8 Å². The topological polar surface area (TPSA) is 83.6 Å². The summed E-state index contributed by atoms with van der Waals surface area (Å²) in [4.78, 5) is 10.7. The van der Waals surface area contributed by atoms with Gasteiger partial charge in [0.1, 0.15) is 5.75 Å². The van der Waals surface area contributed by atoms with E-state index in [1.165, 1.54) is 6.07 Å². The van der Waals surface area contributed by atoms with Crippen LogP contribution in [0.1, 0.15) is 21.6 Å². The molecule has 0 aliphatic heterocycles. The van der Waals surface area contributed by atoms with E-state index >= 15 is 0 Å². The molecule has 88 valence electrons. The number of nitrogens with zero attached hydrogens (tertiary/aromatic N) is 1. The van der Waals surface area contributed by atoms with Gasteiger partial charge < -0.3 is 14.7 Å². The molecule has 0 spiro atoms. The zero-order valence-electron chi connectivity index (χ0n) is 9.39. The van der Waals surface area contributed by atoms with Gasteiger partial charge in [0.2, 0.25) is 0 Å². The summed E-state index contributed by atoms with van der Waals surface area (Å²) in [5.74, 6) is -0.868. The van der Waals surface area contributed by atoms with Crippen LogP contribution in [-0.2, 0) is 0 Å². The average molecular weight is 233 g/mol. The van der Waals surface area contributed by atoms with Crippen LogP contribution in [0.5, 0.6) is 5.75 Å². The van der Waals surface area contributed by atoms with Crippen molar-refractivity contribution in [2.75, 3.05) is 0 Å². The van der Waals surface area contributed by atoms with Crippen LogP contribution in [0.15, 0.2) is 22.7 Å². The van der Waals surface area contributed by atoms with Gasteiger partial charge in [-0.25, -0.2) is 4.79 Å². The van der Waals surface area contributed by atoms with Gasteiger partial charge >= 0.3 is 5.97 Å². The third-order valence-corrected chi connectivity index (χ3v) is 2.69. The molecule has 5 nitrogen and oxygen atoms in total. The molecule has 0 saturated carbocycles. The lowest BCUT2D eigenvalue weighted by Crippen LogP contribution is -1.94. The predicted octanol–water partition coefficient (Wildman–Crippen LogP) is 2.36. The molecule has 0 atom stereocenters. The Balaban J connectivity index is 2.60. The van der Waals surface area contributed by atoms with E-state index in [0.717, 1.165) is 11.1 Å². The number of carbonyl (C=O) groups is 1. The van der Waals surface area contributed by atoms with Crippen LogP contribution in [0.25, 0.3) is 11.3 Å². The summed E-state index contributed by atoms with van der Waals surface area (Å²) in [6.07, 6.45) is 0. The second-order valence-electron chi connectivity index (χ2n) is 3.78. The Morgan fingerprint density at radius 3 is 2.65 bits per heavy atom. The standard InChI is InChI=1S/C12H11NO4/c1-6-3-4-9(14)11(7(6)2)10-5-8(12(15)16)13-17-10/h3-5,14H,1-2H3,(H,15,16). The fourth-order valence-electron chi connectivity index (χ4n) is 1.61. The third kappa shape index (κ3) is 1.87. The van der Waals surface area contributed by atoms with E-state index in [1.54, 1.807) is 12.1 Å². The maximum atomic E-state index is 10.7. The monoisotopic (exact) mass is 233 g/mol. The SMILES string of the molecule is Cc1ccc(O)c(-c2cc(C(=O)O)no2)c1C. The van der Waals surface area contributed by atoms with Gasteiger partial charge in [0.25, 0.3) is 0 Å². The first-order valence-corrected chi connectivity index (χ1v) is 5.00. The largest absolute Gasteiger partial charge is 0.507 e. The normalized spacial score (nSPS) is 10.5. The van der Waals surface area contributed by atoms with Crippen molar-refractivity contribution in [1.82, 2.24) is 5.16 Å². The Hall–Kier alpha value is -2.30. The highest BCUT2D eigenvalue weighted by Crippen LogP contribution is 2.34. The fourth-order valence-corrected chi connectivity index (χ4v) is 1.61. The van der Waals surface area contributed by atoms with Crippen LogP contribution in [0.2, 0.25) is 0 Å². The summed E-state index contributed by atoms with van der Waals surface area (Å²) in [6.45, 7) is 3.72. The van der Waals surface area contributed by atoms with Crippen molar-refractivity contribution in [1.29, 1.82) is 0 Å². The Bertz CT molecular complexity index is 586. The molecule has 2 N–H and O–H groups in total. The third-order valence-electron chi connectivity index (χ3n) is 2.69. The molecule has 1 aromatic heterocycles. The lowest BCUT2D eigenvalue weighted by Gasteiger charge is -2.07. The van der Waals surface area contributed by atoms with Crippen LogP contribution >= 0.6 is 0 Å². The molecule has 0 aliphatic rings. The number of aryl methyl sites for hydroxylation is 1. The molecule has 0 unspecified atom stereocenters. The fraction of sp³-hybridized carbons (Fsp3) is 0.167. The maximum absolute atomic E-state index is 10.7. The van der Waals surface area contributed by atoms with E-state index in [9.17, 15) is 9.90 Å². The first-order chi connectivity index (χ1) is 8.00. The molecule has 0 bridgehead atoms. The highest BCUT2D eigenvalue weighted by Gasteiger charge is 2.17. The Labute approximate surface area is 97.3 Å². The molecule has 17 heavy (non-hydrogen) atoms. The van der Waals surface area contributed by atoms with E-state index in [2.05, 4.69) is 5.16 Å². The smallest absolute Gasteiger partial charge is 0.358 e. The molecule has 0 saturated heterocycles. The number of aromatic carboxylic acids is 1. The number of phenolic OH excluding ortho intramolecular Hbond substituents is 1. The molecule has 2 rings (SSSR count). The molecule has 2 aromatic rings. The number of hydrogen-bond acceptors (Lipinski definition) is 4. The maximum Gasteiger partial charge on any atom is 0.358 e. The van der Waals surface area contributed by atoms with E-state index in [-0.39, 0.29) is 17.2 Å². The second-order valence-corrected chi connectivity index (χ2v) is 3.78. The van der Waals surface area contributed by atoms with E-state index < -0.39 is 5.97 Å². The number of phenols is 1. The van der Waals surface area contributed by atoms with Gasteiger partial charge in [0.05, 0.1) is 5.56 Å². The minimum atomic E-state index is -1.16. The van der Waals surface area contributed by atoms with Gasteiger partial charge in [-0.05, 0) is 31.0 Å². The second kappa shape index (κ2) is 3.93. The van der Waals surface area contributed by atoms with Crippen LogP contribution < -0.4 is 0 Å². The van der Waals surface area contributed by atoms with Crippen molar-refractivity contribution >= 4 is 5.97 Å². The highest BCUT2D eigenvalue weighted by molar-refractivity contribution is 5.87. The summed E-state index contributed by atoms with van der Waals surface area (Å²) >= 11 is 0. The van der Waals surface area contributed by atoms with E-state index in [1.807, 2.05) is 13.8 Å². The number of carboxylic acids is 1. The Morgan fingerprint density at radius 2 is 2.06 bits per heavy atom. The van der Waals surface area contributed by atoms with Crippen molar-refractivity contribution in [2.24, 2.45) is 0 Å². The zero-order chi connectivity index (χ0) is 12.6. The number of aromatic nitrogens is 1. The molecule has 0 fully saturated rings. The Kier molecular flexibility index (Phi) is 2.59. The minimum absolute atomic E-state index is 0.0428. The van der Waals surface area contributed by atoms with Crippen molar-refractivity contribution in [3.05, 3.63) is 35.0 Å². The van der Waals surface area contributed by atoms with Crippen LogP contribution in [0.4, 0.5) is 0 Å². The van der Waals surface area contributed by atoms with E-state index in [0.29, 0.717) is 5.56 Å². The zero-order valence-corrected chi connectivity index (χ0v) is 9.39. The van der Waals surface area contributed by atoms with Crippen molar-refractivity contribution < 1.29 is 19.5 Å². The van der Waals surface area contributed by atoms with Gasteiger partial charge in [0.15, 0.2) is 11.5 Å². The summed E-state index contributed by atoms with van der Waals surface area (Å²) in [6, 6.07) is 4.62. The molecule has 5 heteroatoms. The number of carboxylic acid groups (broad SMARTS) is 1. The first-order valence-electron chi connectivity index (χ1n) is 5.00. The molecule has 1 heterocycles. The summed E-state index contributed by atoms with van der Waals surface area (Å²) in [5.41, 5.74) is 2.11. The van der Waals surface area contributed by atoms with Gasteiger partial charge in [-0.1, -0.05) is 11.2 Å². The van der Waals surface area contributed by atoms with Gasteiger partial charge in [-0.2, -0.15) is 0 Å². The summed E-state index contributed by atoms with van der Waals surface area (Å²) < 4.78 is 4.94. The van der Waals surface area contributed by atoms with E-state index in [4.69, 9.17) is 9.63 Å². The summed E-state index contributed by atoms with van der Waals surface area (Å²) in [5, 5.41) is 22.0. The first kappa shape index (κ1) is 11.2. The van der Waals surface area contributed by atoms with Crippen LogP contribution in [-0.4, -0.2) is 21.3 Å².